The maximum absolute atomic E-state index is 13.2. The second kappa shape index (κ2) is 8.65. The zero-order valence-electron chi connectivity index (χ0n) is 17.2. The lowest BCUT2D eigenvalue weighted by atomic mass is 9.96. The molecule has 2 aromatic carbocycles. The summed E-state index contributed by atoms with van der Waals surface area (Å²) >= 11 is 12.3. The van der Waals surface area contributed by atoms with E-state index in [1.54, 1.807) is 54.9 Å². The van der Waals surface area contributed by atoms with Crippen LogP contribution in [0.15, 0.2) is 66.5 Å². The molecular weight excluding hydrogens is 451 g/mol. The van der Waals surface area contributed by atoms with Crippen molar-refractivity contribution in [1.82, 2.24) is 4.98 Å². The Morgan fingerprint density at radius 3 is 2.59 bits per heavy atom. The molecule has 1 saturated heterocycles. The molecule has 0 saturated carbocycles. The van der Waals surface area contributed by atoms with Crippen molar-refractivity contribution in [2.24, 2.45) is 0 Å². The molecule has 0 spiro atoms. The van der Waals surface area contributed by atoms with Gasteiger partial charge in [0.05, 0.1) is 23.7 Å². The number of carbonyl (C=O) groups excluding carboxylic acids is 2. The van der Waals surface area contributed by atoms with E-state index in [0.717, 1.165) is 5.56 Å². The molecule has 6 nitrogen and oxygen atoms in total. The number of aromatic nitrogens is 1. The van der Waals surface area contributed by atoms with Crippen LogP contribution in [0, 0.1) is 6.92 Å². The van der Waals surface area contributed by atoms with E-state index in [4.69, 9.17) is 27.9 Å². The van der Waals surface area contributed by atoms with Gasteiger partial charge in [-0.25, -0.2) is 0 Å². The minimum atomic E-state index is -0.900. The number of anilines is 1. The minimum Gasteiger partial charge on any atom is -0.507 e. The molecule has 3 aromatic rings. The second-order valence-corrected chi connectivity index (χ2v) is 8.08. The fourth-order valence-electron chi connectivity index (χ4n) is 3.74. The fourth-order valence-corrected chi connectivity index (χ4v) is 4.10. The number of Topliss-reactive ketones (excluding diaryl/α,β-unsaturated/α-hetero) is 1. The first-order chi connectivity index (χ1) is 15.3. The van der Waals surface area contributed by atoms with E-state index >= 15 is 0 Å². The van der Waals surface area contributed by atoms with Gasteiger partial charge in [-0.3, -0.25) is 19.5 Å². The summed E-state index contributed by atoms with van der Waals surface area (Å²) in [4.78, 5) is 31.9. The minimum absolute atomic E-state index is 0.0632. The lowest BCUT2D eigenvalue weighted by Crippen LogP contribution is -2.30. The van der Waals surface area contributed by atoms with E-state index < -0.39 is 17.7 Å². The number of aliphatic hydroxyl groups excluding tert-OH is 1. The summed E-state index contributed by atoms with van der Waals surface area (Å²) < 4.78 is 5.22. The normalized spacial score (nSPS) is 17.6. The van der Waals surface area contributed by atoms with Gasteiger partial charge >= 0.3 is 0 Å². The standard InChI is InChI=1S/C24H18Cl2N2O4/c1-13-5-7-16(25)11-18(13)28-21(15-4-3-9-27-12-15)20(23(30)24(28)31)22(29)14-6-8-17(26)19(10-14)32-2/h3-12,21,29H,1-2H3/b22-20+. The molecular formula is C24H18Cl2N2O4. The number of halogens is 2. The predicted molar refractivity (Wildman–Crippen MR) is 123 cm³/mol. The van der Waals surface area contributed by atoms with E-state index in [-0.39, 0.29) is 11.3 Å². The van der Waals surface area contributed by atoms with E-state index in [0.29, 0.717) is 32.6 Å². The Morgan fingerprint density at radius 1 is 1.12 bits per heavy atom. The molecule has 1 aromatic heterocycles. The zero-order valence-corrected chi connectivity index (χ0v) is 18.7. The summed E-state index contributed by atoms with van der Waals surface area (Å²) in [6.45, 7) is 1.81. The Bertz CT molecular complexity index is 1260. The van der Waals surface area contributed by atoms with Crippen molar-refractivity contribution in [1.29, 1.82) is 0 Å². The van der Waals surface area contributed by atoms with Gasteiger partial charge in [-0.2, -0.15) is 0 Å². The van der Waals surface area contributed by atoms with Gasteiger partial charge in [0.2, 0.25) is 0 Å². The first-order valence-corrected chi connectivity index (χ1v) is 10.4. The van der Waals surface area contributed by atoms with Gasteiger partial charge in [0.25, 0.3) is 11.7 Å². The summed E-state index contributed by atoms with van der Waals surface area (Å²) in [6.07, 6.45) is 3.14. The number of hydrogen-bond donors (Lipinski definition) is 1. The van der Waals surface area contributed by atoms with Crippen LogP contribution in [0.25, 0.3) is 5.76 Å². The van der Waals surface area contributed by atoms with Crippen molar-refractivity contribution >= 4 is 46.3 Å². The number of pyridine rings is 1. The van der Waals surface area contributed by atoms with Crippen molar-refractivity contribution < 1.29 is 19.4 Å². The highest BCUT2D eigenvalue weighted by Crippen LogP contribution is 2.43. The highest BCUT2D eigenvalue weighted by Gasteiger charge is 2.47. The van der Waals surface area contributed by atoms with Gasteiger partial charge in [-0.1, -0.05) is 35.3 Å². The molecule has 1 N–H and O–H groups in total. The van der Waals surface area contributed by atoms with E-state index in [1.807, 2.05) is 6.92 Å². The molecule has 0 aliphatic carbocycles. The third kappa shape index (κ3) is 3.72. The number of carbonyl (C=O) groups is 2. The Hall–Kier alpha value is -3.35. The van der Waals surface area contributed by atoms with Gasteiger partial charge in [-0.05, 0) is 54.4 Å². The van der Waals surface area contributed by atoms with Crippen molar-refractivity contribution in [3.63, 3.8) is 0 Å². The van der Waals surface area contributed by atoms with Crippen molar-refractivity contribution in [2.45, 2.75) is 13.0 Å². The largest absolute Gasteiger partial charge is 0.507 e. The van der Waals surface area contributed by atoms with Gasteiger partial charge in [0, 0.05) is 28.7 Å². The molecule has 8 heteroatoms. The van der Waals surface area contributed by atoms with Crippen LogP contribution in [0.4, 0.5) is 5.69 Å². The molecule has 2 heterocycles. The number of ketones is 1. The summed E-state index contributed by atoms with van der Waals surface area (Å²) in [6, 6.07) is 12.2. The molecule has 1 atom stereocenters. The molecule has 1 aliphatic rings. The first-order valence-electron chi connectivity index (χ1n) is 9.64. The Kier molecular flexibility index (Phi) is 5.91. The van der Waals surface area contributed by atoms with Crippen molar-refractivity contribution in [2.75, 3.05) is 12.0 Å². The third-order valence-corrected chi connectivity index (χ3v) is 5.85. The van der Waals surface area contributed by atoms with Crippen LogP contribution in [0.3, 0.4) is 0 Å². The lowest BCUT2D eigenvalue weighted by Gasteiger charge is -2.26. The van der Waals surface area contributed by atoms with E-state index in [1.165, 1.54) is 18.1 Å². The molecule has 0 bridgehead atoms. The SMILES string of the molecule is COc1cc(/C(O)=C2\C(=O)C(=O)N(c3cc(Cl)ccc3C)C2c2cccnc2)ccc1Cl. The molecule has 1 unspecified atom stereocenters. The van der Waals surface area contributed by atoms with Gasteiger partial charge in [-0.15, -0.1) is 0 Å². The van der Waals surface area contributed by atoms with Gasteiger partial charge in [0.15, 0.2) is 0 Å². The molecule has 162 valence electrons. The Morgan fingerprint density at radius 2 is 1.91 bits per heavy atom. The van der Waals surface area contributed by atoms with Crippen LogP contribution < -0.4 is 9.64 Å². The molecule has 0 radical (unpaired) electrons. The monoisotopic (exact) mass is 468 g/mol. The number of aryl methyl sites for hydroxylation is 1. The molecule has 32 heavy (non-hydrogen) atoms. The van der Waals surface area contributed by atoms with Crippen LogP contribution in [-0.4, -0.2) is 28.9 Å². The molecule has 1 amide bonds. The smallest absolute Gasteiger partial charge is 0.300 e. The van der Waals surface area contributed by atoms with E-state index in [9.17, 15) is 14.7 Å². The van der Waals surface area contributed by atoms with Crippen LogP contribution in [-0.2, 0) is 9.59 Å². The molecule has 1 aliphatic heterocycles. The summed E-state index contributed by atoms with van der Waals surface area (Å²) in [7, 11) is 1.45. The number of ether oxygens (including phenoxy) is 1. The fraction of sp³-hybridized carbons (Fsp3) is 0.125. The van der Waals surface area contributed by atoms with Gasteiger partial charge < -0.3 is 9.84 Å². The maximum atomic E-state index is 13.2. The maximum Gasteiger partial charge on any atom is 0.300 e. The van der Waals surface area contributed by atoms with Crippen LogP contribution in [0.5, 0.6) is 5.75 Å². The topological polar surface area (TPSA) is 79.7 Å². The summed E-state index contributed by atoms with van der Waals surface area (Å²) in [5.41, 5.74) is 2.01. The molecule has 4 rings (SSSR count). The molecule has 1 fully saturated rings. The predicted octanol–water partition coefficient (Wildman–Crippen LogP) is 5.33. The number of aliphatic hydroxyl groups is 1. The second-order valence-electron chi connectivity index (χ2n) is 7.24. The lowest BCUT2D eigenvalue weighted by molar-refractivity contribution is -0.132. The van der Waals surface area contributed by atoms with Crippen molar-refractivity contribution in [3.05, 3.63) is 93.2 Å². The first kappa shape index (κ1) is 21.9. The number of amides is 1. The quantitative estimate of drug-likeness (QED) is 0.317. The number of benzene rings is 2. The van der Waals surface area contributed by atoms with Crippen LogP contribution >= 0.6 is 23.2 Å². The number of rotatable bonds is 4. The summed E-state index contributed by atoms with van der Waals surface area (Å²) in [5, 5.41) is 11.9. The third-order valence-electron chi connectivity index (χ3n) is 5.30. The number of nitrogens with zero attached hydrogens (tertiary/aromatic N) is 2. The average molecular weight is 469 g/mol. The number of methoxy groups -OCH3 is 1. The summed E-state index contributed by atoms with van der Waals surface area (Å²) in [5.74, 6) is -1.60. The zero-order chi connectivity index (χ0) is 23.0. The van der Waals surface area contributed by atoms with Gasteiger partial charge in [0.1, 0.15) is 11.5 Å². The Balaban J connectivity index is 1.97. The van der Waals surface area contributed by atoms with E-state index in [2.05, 4.69) is 4.98 Å². The Labute approximate surface area is 194 Å². The highest BCUT2D eigenvalue weighted by atomic mass is 35.5. The van der Waals surface area contributed by atoms with Crippen LogP contribution in [0.2, 0.25) is 10.0 Å². The average Bonchev–Trinajstić information content (AvgIpc) is 3.06. The van der Waals surface area contributed by atoms with Crippen LogP contribution in [0.1, 0.15) is 22.7 Å². The number of hydrogen-bond acceptors (Lipinski definition) is 5. The highest BCUT2D eigenvalue weighted by molar-refractivity contribution is 6.52. The van der Waals surface area contributed by atoms with Crippen molar-refractivity contribution in [3.8, 4) is 5.75 Å².